The summed E-state index contributed by atoms with van der Waals surface area (Å²) >= 11 is 0. The van der Waals surface area contributed by atoms with Crippen molar-refractivity contribution < 1.29 is 19.0 Å². The maximum Gasteiger partial charge on any atom is 0.168 e. The largest absolute Gasteiger partial charge is 0.505 e. The quantitative estimate of drug-likeness (QED) is 0.739. The first-order valence-corrected chi connectivity index (χ1v) is 5.00. The molecule has 5 heteroatoms. The second-order valence-corrected chi connectivity index (χ2v) is 3.80. The summed E-state index contributed by atoms with van der Waals surface area (Å²) in [5, 5.41) is 21.2. The number of benzene rings is 1. The van der Waals surface area contributed by atoms with Crippen LogP contribution in [0.2, 0.25) is 0 Å². The minimum absolute atomic E-state index is 0.0943. The molecule has 0 saturated carbocycles. The highest BCUT2D eigenvalue weighted by atomic mass is 19.1. The van der Waals surface area contributed by atoms with E-state index in [2.05, 4.69) is 5.32 Å². The monoisotopic (exact) mass is 231 g/mol. The summed E-state index contributed by atoms with van der Waals surface area (Å²) in [7, 11) is 0. The topological polar surface area (TPSA) is 52.5 Å². The molecule has 0 aliphatic carbocycles. The third-order valence-electron chi connectivity index (χ3n) is 2.33. The maximum absolute atomic E-state index is 13.1. The van der Waals surface area contributed by atoms with E-state index < -0.39 is 23.4 Å². The average molecular weight is 231 g/mol. The fourth-order valence-electron chi connectivity index (χ4n) is 1.49. The van der Waals surface area contributed by atoms with Gasteiger partial charge in [0.25, 0.3) is 0 Å². The van der Waals surface area contributed by atoms with Crippen molar-refractivity contribution in [1.82, 2.24) is 5.32 Å². The Kier molecular flexibility index (Phi) is 4.20. The van der Waals surface area contributed by atoms with Gasteiger partial charge in [0, 0.05) is 23.7 Å². The van der Waals surface area contributed by atoms with Crippen molar-refractivity contribution in [3.05, 3.63) is 29.3 Å². The fourth-order valence-corrected chi connectivity index (χ4v) is 1.49. The van der Waals surface area contributed by atoms with Crippen molar-refractivity contribution in [3.8, 4) is 5.75 Å². The summed E-state index contributed by atoms with van der Waals surface area (Å²) in [6.45, 7) is 3.28. The highest BCUT2D eigenvalue weighted by molar-refractivity contribution is 5.36. The molecule has 0 heterocycles. The molecule has 2 atom stereocenters. The lowest BCUT2D eigenvalue weighted by molar-refractivity contribution is 0.242. The summed E-state index contributed by atoms with van der Waals surface area (Å²) in [4.78, 5) is 0. The van der Waals surface area contributed by atoms with E-state index in [0.29, 0.717) is 6.07 Å². The molecule has 0 amide bonds. The van der Waals surface area contributed by atoms with Crippen LogP contribution in [0.1, 0.15) is 25.5 Å². The molecular formula is C11H15F2NO2. The molecule has 0 spiro atoms. The van der Waals surface area contributed by atoms with Crippen molar-refractivity contribution in [3.63, 3.8) is 0 Å². The van der Waals surface area contributed by atoms with Crippen LogP contribution < -0.4 is 5.32 Å². The van der Waals surface area contributed by atoms with Crippen LogP contribution in [-0.2, 0) is 0 Å². The molecule has 3 N–H and O–H groups in total. The number of phenols is 1. The minimum atomic E-state index is -0.986. The summed E-state index contributed by atoms with van der Waals surface area (Å²) in [6, 6.07) is 1.02. The number of hydrogen-bond donors (Lipinski definition) is 3. The van der Waals surface area contributed by atoms with E-state index in [1.54, 1.807) is 13.8 Å². The van der Waals surface area contributed by atoms with Gasteiger partial charge in [0.05, 0.1) is 6.61 Å². The molecule has 1 aromatic rings. The average Bonchev–Trinajstić information content (AvgIpc) is 2.22. The predicted molar refractivity (Wildman–Crippen MR) is 56.1 cm³/mol. The number of phenolic OH excluding ortho intramolecular Hbond substituents is 1. The van der Waals surface area contributed by atoms with Crippen LogP contribution in [0, 0.1) is 11.6 Å². The normalized spacial score (nSPS) is 14.8. The molecule has 16 heavy (non-hydrogen) atoms. The van der Waals surface area contributed by atoms with E-state index in [1.807, 2.05) is 0 Å². The zero-order chi connectivity index (χ0) is 12.3. The van der Waals surface area contributed by atoms with Gasteiger partial charge in [0.1, 0.15) is 5.82 Å². The Labute approximate surface area is 92.7 Å². The van der Waals surface area contributed by atoms with Crippen LogP contribution in [0.15, 0.2) is 12.1 Å². The molecule has 1 unspecified atom stereocenters. The van der Waals surface area contributed by atoms with E-state index in [0.717, 1.165) is 6.07 Å². The summed E-state index contributed by atoms with van der Waals surface area (Å²) in [6.07, 6.45) is 0. The molecular weight excluding hydrogens is 216 g/mol. The second-order valence-electron chi connectivity index (χ2n) is 3.80. The number of hydrogen-bond acceptors (Lipinski definition) is 3. The third kappa shape index (κ3) is 2.90. The molecule has 1 aromatic carbocycles. The first-order valence-electron chi connectivity index (χ1n) is 5.00. The third-order valence-corrected chi connectivity index (χ3v) is 2.33. The van der Waals surface area contributed by atoms with Crippen LogP contribution >= 0.6 is 0 Å². The van der Waals surface area contributed by atoms with Gasteiger partial charge in [-0.3, -0.25) is 0 Å². The SMILES string of the molecule is CC(N[C@@H](C)CO)c1cc(F)cc(F)c1O. The molecule has 0 aliphatic heterocycles. The van der Waals surface area contributed by atoms with Gasteiger partial charge in [-0.15, -0.1) is 0 Å². The summed E-state index contributed by atoms with van der Waals surface area (Å²) in [5.74, 6) is -2.29. The Morgan fingerprint density at radius 3 is 2.50 bits per heavy atom. The first-order chi connectivity index (χ1) is 7.45. The maximum atomic E-state index is 13.1. The summed E-state index contributed by atoms with van der Waals surface area (Å²) in [5.41, 5.74) is 0.137. The van der Waals surface area contributed by atoms with Gasteiger partial charge >= 0.3 is 0 Å². The number of aliphatic hydroxyl groups excluding tert-OH is 1. The Bertz CT molecular complexity index is 371. The summed E-state index contributed by atoms with van der Waals surface area (Å²) < 4.78 is 26.0. The molecule has 0 aliphatic rings. The van der Waals surface area contributed by atoms with E-state index in [4.69, 9.17) is 5.11 Å². The van der Waals surface area contributed by atoms with Gasteiger partial charge in [-0.2, -0.15) is 0 Å². The van der Waals surface area contributed by atoms with Gasteiger partial charge in [-0.05, 0) is 19.9 Å². The zero-order valence-corrected chi connectivity index (χ0v) is 9.17. The van der Waals surface area contributed by atoms with Crippen LogP contribution in [0.5, 0.6) is 5.75 Å². The van der Waals surface area contributed by atoms with Crippen LogP contribution in [-0.4, -0.2) is 22.9 Å². The van der Waals surface area contributed by atoms with Crippen molar-refractivity contribution in [2.45, 2.75) is 25.9 Å². The highest BCUT2D eigenvalue weighted by Crippen LogP contribution is 2.28. The smallest absolute Gasteiger partial charge is 0.168 e. The van der Waals surface area contributed by atoms with E-state index in [1.165, 1.54) is 0 Å². The van der Waals surface area contributed by atoms with Crippen LogP contribution in [0.25, 0.3) is 0 Å². The molecule has 0 fully saturated rings. The number of aliphatic hydroxyl groups is 1. The first kappa shape index (κ1) is 12.9. The number of halogens is 2. The standard InChI is InChI=1S/C11H15F2NO2/c1-6(5-15)14-7(2)9-3-8(12)4-10(13)11(9)16/h3-4,6-7,14-16H,5H2,1-2H3/t6-,7?/m0/s1. The Balaban J connectivity index is 2.94. The van der Waals surface area contributed by atoms with E-state index in [9.17, 15) is 13.9 Å². The molecule has 0 aromatic heterocycles. The Morgan fingerprint density at radius 2 is 1.94 bits per heavy atom. The van der Waals surface area contributed by atoms with Gasteiger partial charge < -0.3 is 15.5 Å². The van der Waals surface area contributed by atoms with Crippen molar-refractivity contribution in [1.29, 1.82) is 0 Å². The van der Waals surface area contributed by atoms with Gasteiger partial charge in [-0.25, -0.2) is 8.78 Å². The molecule has 0 radical (unpaired) electrons. The lowest BCUT2D eigenvalue weighted by Crippen LogP contribution is -2.31. The molecule has 90 valence electrons. The molecule has 1 rings (SSSR count). The van der Waals surface area contributed by atoms with Crippen molar-refractivity contribution in [2.24, 2.45) is 0 Å². The van der Waals surface area contributed by atoms with E-state index >= 15 is 0 Å². The minimum Gasteiger partial charge on any atom is -0.505 e. The molecule has 3 nitrogen and oxygen atoms in total. The van der Waals surface area contributed by atoms with Gasteiger partial charge in [-0.1, -0.05) is 0 Å². The highest BCUT2D eigenvalue weighted by Gasteiger charge is 2.17. The van der Waals surface area contributed by atoms with Crippen molar-refractivity contribution in [2.75, 3.05) is 6.61 Å². The predicted octanol–water partition coefficient (Wildman–Crippen LogP) is 1.70. The van der Waals surface area contributed by atoms with E-state index in [-0.39, 0.29) is 18.2 Å². The Morgan fingerprint density at radius 1 is 1.31 bits per heavy atom. The van der Waals surface area contributed by atoms with Gasteiger partial charge in [0.2, 0.25) is 0 Å². The number of rotatable bonds is 4. The molecule has 0 saturated heterocycles. The second kappa shape index (κ2) is 5.23. The van der Waals surface area contributed by atoms with Crippen LogP contribution in [0.4, 0.5) is 8.78 Å². The lowest BCUT2D eigenvalue weighted by Gasteiger charge is -2.19. The lowest BCUT2D eigenvalue weighted by atomic mass is 10.1. The van der Waals surface area contributed by atoms with Crippen molar-refractivity contribution >= 4 is 0 Å². The number of nitrogens with one attached hydrogen (secondary N) is 1. The Hall–Kier alpha value is -1.20. The fraction of sp³-hybridized carbons (Fsp3) is 0.455. The van der Waals surface area contributed by atoms with Gasteiger partial charge in [0.15, 0.2) is 11.6 Å². The van der Waals surface area contributed by atoms with Crippen LogP contribution in [0.3, 0.4) is 0 Å². The number of aromatic hydroxyl groups is 1. The molecule has 0 bridgehead atoms. The zero-order valence-electron chi connectivity index (χ0n) is 9.17.